The fraction of sp³-hybridized carbons (Fsp3) is 0.500. The molecule has 0 saturated carbocycles. The van der Waals surface area contributed by atoms with Crippen LogP contribution in [0.25, 0.3) is 10.6 Å². The van der Waals surface area contributed by atoms with Crippen LogP contribution in [-0.4, -0.2) is 35.7 Å². The minimum atomic E-state index is 0.487. The van der Waals surface area contributed by atoms with Gasteiger partial charge in [0.05, 0.1) is 18.0 Å². The summed E-state index contributed by atoms with van der Waals surface area (Å²) in [6.45, 7) is 3.20. The molecule has 0 atom stereocenters. The van der Waals surface area contributed by atoms with Crippen LogP contribution < -0.4 is 0 Å². The van der Waals surface area contributed by atoms with E-state index in [1.54, 1.807) is 23.9 Å². The van der Waals surface area contributed by atoms with Gasteiger partial charge in [-0.15, -0.1) is 11.3 Å². The molecule has 116 valence electrons. The molecule has 1 saturated heterocycles. The monoisotopic (exact) mass is 317 g/mol. The minimum absolute atomic E-state index is 0.487. The third kappa shape index (κ3) is 3.74. The van der Waals surface area contributed by atoms with Gasteiger partial charge < -0.3 is 9.15 Å². The van der Waals surface area contributed by atoms with Crippen molar-refractivity contribution in [3.8, 4) is 16.6 Å². The van der Waals surface area contributed by atoms with Gasteiger partial charge >= 0.3 is 0 Å². The third-order valence-corrected chi connectivity index (χ3v) is 4.84. The van der Waals surface area contributed by atoms with Gasteiger partial charge in [-0.2, -0.15) is 5.26 Å². The summed E-state index contributed by atoms with van der Waals surface area (Å²) in [5, 5.41) is 12.0. The van der Waals surface area contributed by atoms with Gasteiger partial charge in [-0.1, -0.05) is 0 Å². The fourth-order valence-corrected chi connectivity index (χ4v) is 3.54. The zero-order valence-corrected chi connectivity index (χ0v) is 13.2. The lowest BCUT2D eigenvalue weighted by molar-refractivity contribution is 0.0314. The molecule has 0 radical (unpaired) electrons. The van der Waals surface area contributed by atoms with Crippen LogP contribution >= 0.6 is 11.3 Å². The summed E-state index contributed by atoms with van der Waals surface area (Å²) >= 11 is 1.63. The largest absolute Gasteiger partial charge is 0.472 e. The number of furan rings is 1. The van der Waals surface area contributed by atoms with Crippen LogP contribution in [-0.2, 0) is 11.3 Å². The summed E-state index contributed by atoms with van der Waals surface area (Å²) in [5.74, 6) is 0. The zero-order chi connectivity index (χ0) is 15.2. The lowest BCUT2D eigenvalue weighted by Gasteiger charge is -2.33. The lowest BCUT2D eigenvalue weighted by Crippen LogP contribution is -2.39. The van der Waals surface area contributed by atoms with Gasteiger partial charge in [0.15, 0.2) is 0 Å². The number of nitriles is 1. The highest BCUT2D eigenvalue weighted by atomic mass is 32.1. The average molecular weight is 317 g/mol. The van der Waals surface area contributed by atoms with E-state index >= 15 is 0 Å². The first-order chi connectivity index (χ1) is 10.9. The third-order valence-electron chi connectivity index (χ3n) is 3.90. The Bertz CT molecular complexity index is 612. The molecule has 1 fully saturated rings. The predicted octanol–water partition coefficient (Wildman–Crippen LogP) is 3.30. The summed E-state index contributed by atoms with van der Waals surface area (Å²) in [6, 6.07) is 4.66. The Balaban J connectivity index is 1.68. The van der Waals surface area contributed by atoms with Crippen LogP contribution in [0.1, 0.15) is 25.0 Å². The normalized spacial score (nSPS) is 16.0. The molecular weight excluding hydrogens is 298 g/mol. The Morgan fingerprint density at radius 2 is 2.27 bits per heavy atom. The second-order valence-electron chi connectivity index (χ2n) is 5.38. The molecule has 5 nitrogen and oxygen atoms in total. The average Bonchev–Trinajstić information content (AvgIpc) is 3.23. The van der Waals surface area contributed by atoms with Crippen LogP contribution in [0.4, 0.5) is 0 Å². The van der Waals surface area contributed by atoms with E-state index in [1.807, 2.05) is 6.07 Å². The Morgan fingerprint density at radius 1 is 1.41 bits per heavy atom. The standard InChI is InChI=1S/C16H19N3O2S/c17-5-1-6-19(15-3-8-20-9-4-15)10-14-12-22-16(18-14)13-2-7-21-11-13/h2,7,11-12,15H,1,3-4,6,8-10H2. The maximum Gasteiger partial charge on any atom is 0.126 e. The molecule has 1 aliphatic rings. The molecule has 2 aromatic heterocycles. The van der Waals surface area contributed by atoms with E-state index in [1.165, 1.54) is 0 Å². The highest BCUT2D eigenvalue weighted by Gasteiger charge is 2.22. The number of ether oxygens (including phenoxy) is 1. The summed E-state index contributed by atoms with van der Waals surface area (Å²) < 4.78 is 10.6. The van der Waals surface area contributed by atoms with E-state index in [0.29, 0.717) is 12.5 Å². The van der Waals surface area contributed by atoms with Crippen molar-refractivity contribution in [1.82, 2.24) is 9.88 Å². The number of thiazole rings is 1. The van der Waals surface area contributed by atoms with Gasteiger partial charge in [-0.3, -0.25) is 4.90 Å². The lowest BCUT2D eigenvalue weighted by atomic mass is 10.1. The van der Waals surface area contributed by atoms with Gasteiger partial charge in [0.2, 0.25) is 0 Å². The maximum atomic E-state index is 8.88. The number of nitrogens with zero attached hydrogens (tertiary/aromatic N) is 3. The number of aromatic nitrogens is 1. The summed E-state index contributed by atoms with van der Waals surface area (Å²) in [7, 11) is 0. The highest BCUT2D eigenvalue weighted by molar-refractivity contribution is 7.13. The summed E-state index contributed by atoms with van der Waals surface area (Å²) in [5.41, 5.74) is 2.08. The molecule has 2 aromatic rings. The molecule has 0 aliphatic carbocycles. The summed E-state index contributed by atoms with van der Waals surface area (Å²) in [4.78, 5) is 7.07. The fourth-order valence-electron chi connectivity index (χ4n) is 2.74. The van der Waals surface area contributed by atoms with Crippen LogP contribution in [0, 0.1) is 11.3 Å². The number of rotatable bonds is 6. The molecule has 1 aliphatic heterocycles. The van der Waals surface area contributed by atoms with E-state index in [4.69, 9.17) is 19.4 Å². The SMILES string of the molecule is N#CCCN(Cc1csc(-c2ccoc2)n1)C1CCOCC1. The van der Waals surface area contributed by atoms with Crippen molar-refractivity contribution in [2.24, 2.45) is 0 Å². The predicted molar refractivity (Wildman–Crippen MR) is 84.3 cm³/mol. The maximum absolute atomic E-state index is 8.88. The van der Waals surface area contributed by atoms with E-state index in [0.717, 1.165) is 55.4 Å². The van der Waals surface area contributed by atoms with Crippen LogP contribution in [0.2, 0.25) is 0 Å². The molecule has 0 spiro atoms. The first-order valence-corrected chi connectivity index (χ1v) is 8.40. The number of hydrogen-bond acceptors (Lipinski definition) is 6. The van der Waals surface area contributed by atoms with Crippen molar-refractivity contribution in [2.45, 2.75) is 31.8 Å². The quantitative estimate of drug-likeness (QED) is 0.818. The zero-order valence-electron chi connectivity index (χ0n) is 12.4. The Morgan fingerprint density at radius 3 is 3.00 bits per heavy atom. The van der Waals surface area contributed by atoms with Gasteiger partial charge in [-0.25, -0.2) is 4.98 Å². The van der Waals surface area contributed by atoms with Crippen LogP contribution in [0.15, 0.2) is 28.4 Å². The Hall–Kier alpha value is -1.68. The molecule has 0 aromatic carbocycles. The van der Waals surface area contributed by atoms with Gasteiger partial charge in [0, 0.05) is 49.7 Å². The van der Waals surface area contributed by atoms with Crippen molar-refractivity contribution in [2.75, 3.05) is 19.8 Å². The molecule has 22 heavy (non-hydrogen) atoms. The smallest absolute Gasteiger partial charge is 0.126 e. The molecule has 6 heteroatoms. The molecule has 3 heterocycles. The minimum Gasteiger partial charge on any atom is -0.472 e. The molecule has 0 N–H and O–H groups in total. The summed E-state index contributed by atoms with van der Waals surface area (Å²) in [6.07, 6.45) is 6.00. The highest BCUT2D eigenvalue weighted by Crippen LogP contribution is 2.25. The molecule has 0 amide bonds. The van der Waals surface area contributed by atoms with Crippen LogP contribution in [0.5, 0.6) is 0 Å². The Labute approximate surface area is 134 Å². The Kier molecular flexibility index (Phi) is 5.22. The van der Waals surface area contributed by atoms with Crippen molar-refractivity contribution in [1.29, 1.82) is 5.26 Å². The van der Waals surface area contributed by atoms with Crippen molar-refractivity contribution >= 4 is 11.3 Å². The number of hydrogen-bond donors (Lipinski definition) is 0. The second kappa shape index (κ2) is 7.54. The van der Waals surface area contributed by atoms with Crippen LogP contribution in [0.3, 0.4) is 0 Å². The van der Waals surface area contributed by atoms with Crippen molar-refractivity contribution in [3.05, 3.63) is 29.7 Å². The second-order valence-corrected chi connectivity index (χ2v) is 6.24. The van der Waals surface area contributed by atoms with Gasteiger partial charge in [-0.05, 0) is 18.9 Å². The first-order valence-electron chi connectivity index (χ1n) is 7.52. The van der Waals surface area contributed by atoms with Gasteiger partial charge in [0.1, 0.15) is 11.3 Å². The first kappa shape index (κ1) is 15.2. The topological polar surface area (TPSA) is 62.3 Å². The molecule has 0 bridgehead atoms. The molecule has 3 rings (SSSR count). The van der Waals surface area contributed by atoms with E-state index in [-0.39, 0.29) is 0 Å². The molecular formula is C16H19N3O2S. The van der Waals surface area contributed by atoms with E-state index < -0.39 is 0 Å². The van der Waals surface area contributed by atoms with Crippen molar-refractivity contribution in [3.63, 3.8) is 0 Å². The van der Waals surface area contributed by atoms with E-state index in [9.17, 15) is 0 Å². The van der Waals surface area contributed by atoms with E-state index in [2.05, 4.69) is 16.3 Å². The molecule has 0 unspecified atom stereocenters. The van der Waals surface area contributed by atoms with Gasteiger partial charge in [0.25, 0.3) is 0 Å². The van der Waals surface area contributed by atoms with Crippen molar-refractivity contribution < 1.29 is 9.15 Å².